The molecular weight excluding hydrogens is 278 g/mol. The van der Waals surface area contributed by atoms with Gasteiger partial charge in [0.05, 0.1) is 16.1 Å². The third-order valence-corrected chi connectivity index (χ3v) is 4.78. The first-order chi connectivity index (χ1) is 10.1. The minimum atomic E-state index is 0.112. The summed E-state index contributed by atoms with van der Waals surface area (Å²) in [5.74, 6) is 0.431. The molecule has 0 saturated heterocycles. The highest BCUT2D eigenvalue weighted by Crippen LogP contribution is 2.28. The SMILES string of the molecule is CCn1c(-c2cccs2)cc(=O)c2cc(C(C)C)ccc21. The van der Waals surface area contributed by atoms with Crippen LogP contribution in [-0.2, 0) is 6.54 Å². The smallest absolute Gasteiger partial charge is 0.190 e. The van der Waals surface area contributed by atoms with Gasteiger partial charge >= 0.3 is 0 Å². The topological polar surface area (TPSA) is 22.0 Å². The van der Waals surface area contributed by atoms with E-state index >= 15 is 0 Å². The molecule has 3 rings (SSSR count). The Morgan fingerprint density at radius 3 is 2.62 bits per heavy atom. The van der Waals surface area contributed by atoms with Crippen molar-refractivity contribution in [2.24, 2.45) is 0 Å². The van der Waals surface area contributed by atoms with Crippen LogP contribution >= 0.6 is 11.3 Å². The highest BCUT2D eigenvalue weighted by Gasteiger charge is 2.11. The molecule has 0 spiro atoms. The lowest BCUT2D eigenvalue weighted by Crippen LogP contribution is -2.11. The minimum Gasteiger partial charge on any atom is -0.340 e. The second-order valence-electron chi connectivity index (χ2n) is 5.55. The van der Waals surface area contributed by atoms with Crippen molar-refractivity contribution in [1.82, 2.24) is 4.57 Å². The number of fused-ring (bicyclic) bond motifs is 1. The summed E-state index contributed by atoms with van der Waals surface area (Å²) in [4.78, 5) is 13.7. The number of hydrogen-bond acceptors (Lipinski definition) is 2. The van der Waals surface area contributed by atoms with E-state index in [1.165, 1.54) is 5.56 Å². The summed E-state index contributed by atoms with van der Waals surface area (Å²) in [5, 5.41) is 2.87. The van der Waals surface area contributed by atoms with E-state index in [9.17, 15) is 4.79 Å². The molecule has 1 aromatic carbocycles. The molecule has 0 atom stereocenters. The van der Waals surface area contributed by atoms with E-state index in [-0.39, 0.29) is 5.43 Å². The molecule has 0 saturated carbocycles. The zero-order valence-electron chi connectivity index (χ0n) is 12.6. The van der Waals surface area contributed by atoms with Gasteiger partial charge in [-0.2, -0.15) is 0 Å². The Kier molecular flexibility index (Phi) is 3.68. The summed E-state index contributed by atoms with van der Waals surface area (Å²) < 4.78 is 2.23. The van der Waals surface area contributed by atoms with Crippen LogP contribution in [0.15, 0.2) is 46.6 Å². The molecule has 2 aromatic heterocycles. The summed E-state index contributed by atoms with van der Waals surface area (Å²) in [5.41, 5.74) is 3.37. The molecule has 0 amide bonds. The van der Waals surface area contributed by atoms with E-state index in [2.05, 4.69) is 43.5 Å². The standard InChI is InChI=1S/C18H19NOS/c1-4-19-15-8-7-13(12(2)3)10-14(15)17(20)11-16(19)18-6-5-9-21-18/h5-12H,4H2,1-3H3. The molecule has 2 heterocycles. The van der Waals surface area contributed by atoms with Crippen molar-refractivity contribution in [2.75, 3.05) is 0 Å². The van der Waals surface area contributed by atoms with Crippen LogP contribution < -0.4 is 5.43 Å². The van der Waals surface area contributed by atoms with Crippen molar-refractivity contribution in [1.29, 1.82) is 0 Å². The number of rotatable bonds is 3. The molecule has 0 aliphatic heterocycles. The highest BCUT2D eigenvalue weighted by molar-refractivity contribution is 7.13. The zero-order chi connectivity index (χ0) is 15.0. The average molecular weight is 297 g/mol. The van der Waals surface area contributed by atoms with Crippen molar-refractivity contribution < 1.29 is 0 Å². The number of hydrogen-bond donors (Lipinski definition) is 0. The van der Waals surface area contributed by atoms with Crippen LogP contribution in [-0.4, -0.2) is 4.57 Å². The van der Waals surface area contributed by atoms with E-state index in [4.69, 9.17) is 0 Å². The number of nitrogens with zero attached hydrogens (tertiary/aromatic N) is 1. The van der Waals surface area contributed by atoms with Crippen LogP contribution in [0, 0.1) is 0 Å². The predicted molar refractivity (Wildman–Crippen MR) is 91.3 cm³/mol. The van der Waals surface area contributed by atoms with Gasteiger partial charge in [0.25, 0.3) is 0 Å². The summed E-state index contributed by atoms with van der Waals surface area (Å²) in [6.07, 6.45) is 0. The van der Waals surface area contributed by atoms with Gasteiger partial charge in [0.1, 0.15) is 0 Å². The quantitative estimate of drug-likeness (QED) is 0.675. The fourth-order valence-electron chi connectivity index (χ4n) is 2.72. The van der Waals surface area contributed by atoms with Gasteiger partial charge in [-0.1, -0.05) is 26.0 Å². The second kappa shape index (κ2) is 5.49. The number of aromatic nitrogens is 1. The van der Waals surface area contributed by atoms with Crippen LogP contribution in [0.3, 0.4) is 0 Å². The fourth-order valence-corrected chi connectivity index (χ4v) is 3.47. The monoisotopic (exact) mass is 297 g/mol. The van der Waals surface area contributed by atoms with Gasteiger partial charge in [0.2, 0.25) is 0 Å². The lowest BCUT2D eigenvalue weighted by atomic mass is 10.0. The normalized spacial score (nSPS) is 11.4. The van der Waals surface area contributed by atoms with Gasteiger partial charge in [0, 0.05) is 18.0 Å². The molecule has 0 aliphatic carbocycles. The molecule has 0 radical (unpaired) electrons. The molecule has 0 aliphatic rings. The molecule has 0 bridgehead atoms. The molecule has 0 fully saturated rings. The number of thiophene rings is 1. The van der Waals surface area contributed by atoms with E-state index < -0.39 is 0 Å². The molecule has 0 N–H and O–H groups in total. The summed E-state index contributed by atoms with van der Waals surface area (Å²) >= 11 is 1.67. The molecule has 2 nitrogen and oxygen atoms in total. The Morgan fingerprint density at radius 2 is 2.00 bits per heavy atom. The first-order valence-electron chi connectivity index (χ1n) is 7.33. The molecule has 3 heteroatoms. The third kappa shape index (κ3) is 2.42. The number of pyridine rings is 1. The van der Waals surface area contributed by atoms with Crippen LogP contribution in [0.1, 0.15) is 32.3 Å². The zero-order valence-corrected chi connectivity index (χ0v) is 13.4. The second-order valence-corrected chi connectivity index (χ2v) is 6.49. The molecule has 3 aromatic rings. The van der Waals surface area contributed by atoms with E-state index in [1.807, 2.05) is 17.5 Å². The molecule has 108 valence electrons. The first kappa shape index (κ1) is 14.1. The van der Waals surface area contributed by atoms with Crippen molar-refractivity contribution >= 4 is 22.2 Å². The fraction of sp³-hybridized carbons (Fsp3) is 0.278. The van der Waals surface area contributed by atoms with Gasteiger partial charge in [0.15, 0.2) is 5.43 Å². The Morgan fingerprint density at radius 1 is 1.19 bits per heavy atom. The van der Waals surface area contributed by atoms with Crippen LogP contribution in [0.4, 0.5) is 0 Å². The predicted octanol–water partition coefficient (Wildman–Crippen LogP) is 4.87. The highest BCUT2D eigenvalue weighted by atomic mass is 32.1. The van der Waals surface area contributed by atoms with Crippen molar-refractivity contribution in [3.8, 4) is 10.6 Å². The first-order valence-corrected chi connectivity index (χ1v) is 8.21. The minimum absolute atomic E-state index is 0.112. The van der Waals surface area contributed by atoms with Crippen LogP contribution in [0.25, 0.3) is 21.5 Å². The Bertz CT molecular complexity index is 828. The summed E-state index contributed by atoms with van der Waals surface area (Å²) in [6.45, 7) is 7.28. The number of benzene rings is 1. The average Bonchev–Trinajstić information content (AvgIpc) is 3.00. The molecule has 21 heavy (non-hydrogen) atoms. The van der Waals surface area contributed by atoms with Gasteiger partial charge in [-0.3, -0.25) is 4.79 Å². The van der Waals surface area contributed by atoms with E-state index in [0.717, 1.165) is 28.0 Å². The Labute approximate surface area is 128 Å². The van der Waals surface area contributed by atoms with Gasteiger partial charge in [-0.25, -0.2) is 0 Å². The Hall–Kier alpha value is -1.87. The lowest BCUT2D eigenvalue weighted by Gasteiger charge is -2.15. The maximum absolute atomic E-state index is 12.5. The molecule has 0 unspecified atom stereocenters. The summed E-state index contributed by atoms with van der Waals surface area (Å²) in [7, 11) is 0. The maximum Gasteiger partial charge on any atom is 0.190 e. The van der Waals surface area contributed by atoms with E-state index in [1.54, 1.807) is 17.4 Å². The van der Waals surface area contributed by atoms with Crippen LogP contribution in [0.2, 0.25) is 0 Å². The molecular formula is C18H19NOS. The maximum atomic E-state index is 12.5. The van der Waals surface area contributed by atoms with Gasteiger partial charge < -0.3 is 4.57 Å². The number of aryl methyl sites for hydroxylation is 1. The lowest BCUT2D eigenvalue weighted by molar-refractivity contribution is 0.796. The van der Waals surface area contributed by atoms with Crippen molar-refractivity contribution in [3.63, 3.8) is 0 Å². The largest absolute Gasteiger partial charge is 0.340 e. The third-order valence-electron chi connectivity index (χ3n) is 3.89. The van der Waals surface area contributed by atoms with Gasteiger partial charge in [-0.15, -0.1) is 11.3 Å². The van der Waals surface area contributed by atoms with Gasteiger partial charge in [-0.05, 0) is 42.0 Å². The van der Waals surface area contributed by atoms with Crippen molar-refractivity contribution in [2.45, 2.75) is 33.2 Å². The van der Waals surface area contributed by atoms with Crippen LogP contribution in [0.5, 0.6) is 0 Å². The summed E-state index contributed by atoms with van der Waals surface area (Å²) in [6, 6.07) is 12.1. The van der Waals surface area contributed by atoms with E-state index in [0.29, 0.717) is 5.92 Å². The Balaban J connectivity index is 2.35. The van der Waals surface area contributed by atoms with Crippen molar-refractivity contribution in [3.05, 3.63) is 57.6 Å².